The number of ether oxygens (including phenoxy) is 1. The van der Waals surface area contributed by atoms with Gasteiger partial charge >= 0.3 is 4.27 Å². The molecular weight excluding hydrogens is 348 g/mol. The molecular formula is C17H18O5S2. The molecule has 0 aromatic heterocycles. The first-order valence-corrected chi connectivity index (χ1v) is 10.5. The zero-order valence-corrected chi connectivity index (χ0v) is 14.9. The lowest BCUT2D eigenvalue weighted by Gasteiger charge is -2.16. The molecule has 128 valence electrons. The fraction of sp³-hybridized carbons (Fsp3) is 0.294. The molecule has 5 nitrogen and oxygen atoms in total. The lowest BCUT2D eigenvalue weighted by Crippen LogP contribution is -2.38. The van der Waals surface area contributed by atoms with Crippen molar-refractivity contribution in [2.45, 2.75) is 34.0 Å². The van der Waals surface area contributed by atoms with E-state index in [0.29, 0.717) is 0 Å². The van der Waals surface area contributed by atoms with E-state index < -0.39 is 30.0 Å². The van der Waals surface area contributed by atoms with Gasteiger partial charge in [0.15, 0.2) is 0 Å². The first-order chi connectivity index (χ1) is 11.2. The summed E-state index contributed by atoms with van der Waals surface area (Å²) in [5.74, 6) is -0.262. The van der Waals surface area contributed by atoms with Crippen LogP contribution in [0.5, 0.6) is 0 Å². The molecule has 1 heterocycles. The van der Waals surface area contributed by atoms with Gasteiger partial charge in [0.1, 0.15) is 6.10 Å². The Kier molecular flexibility index (Phi) is 4.06. The van der Waals surface area contributed by atoms with Gasteiger partial charge in [-0.05, 0) is 30.2 Å². The van der Waals surface area contributed by atoms with Gasteiger partial charge in [-0.25, -0.2) is 16.8 Å². The van der Waals surface area contributed by atoms with Crippen molar-refractivity contribution in [3.05, 3.63) is 60.7 Å². The van der Waals surface area contributed by atoms with Crippen LogP contribution in [0.4, 0.5) is 0 Å². The molecule has 1 fully saturated rings. The van der Waals surface area contributed by atoms with Gasteiger partial charge in [-0.1, -0.05) is 50.2 Å². The molecule has 0 aliphatic carbocycles. The third kappa shape index (κ3) is 2.30. The molecule has 2 aromatic rings. The largest absolute Gasteiger partial charge is 0.335 e. The minimum Gasteiger partial charge on any atom is -0.335 e. The topological polar surface area (TPSA) is 80.8 Å². The van der Waals surface area contributed by atoms with E-state index in [4.69, 9.17) is 4.74 Å². The van der Waals surface area contributed by atoms with Gasteiger partial charge in [0, 0.05) is 0 Å². The molecule has 0 N–H and O–H groups in total. The van der Waals surface area contributed by atoms with Crippen molar-refractivity contribution < 1.29 is 21.6 Å². The van der Waals surface area contributed by atoms with E-state index in [-0.39, 0.29) is 15.7 Å². The van der Waals surface area contributed by atoms with E-state index in [1.54, 1.807) is 50.2 Å². The maximum absolute atomic E-state index is 13.1. The Morgan fingerprint density at radius 1 is 0.792 bits per heavy atom. The van der Waals surface area contributed by atoms with E-state index in [2.05, 4.69) is 0 Å². The van der Waals surface area contributed by atoms with Crippen molar-refractivity contribution in [3.8, 4) is 0 Å². The van der Waals surface area contributed by atoms with Crippen LogP contribution in [0.25, 0.3) is 0 Å². The van der Waals surface area contributed by atoms with Crippen molar-refractivity contribution in [1.82, 2.24) is 0 Å². The number of epoxide rings is 1. The Balaban J connectivity index is 2.22. The van der Waals surface area contributed by atoms with Gasteiger partial charge in [0.05, 0.1) is 9.79 Å². The summed E-state index contributed by atoms with van der Waals surface area (Å²) in [6.07, 6.45) is -0.909. The molecule has 2 aromatic carbocycles. The summed E-state index contributed by atoms with van der Waals surface area (Å²) in [6, 6.07) is 15.1. The zero-order valence-electron chi connectivity index (χ0n) is 13.3. The van der Waals surface area contributed by atoms with E-state index in [1.165, 1.54) is 24.3 Å². The second-order valence-electron chi connectivity index (χ2n) is 6.02. The van der Waals surface area contributed by atoms with Crippen LogP contribution in [0.1, 0.15) is 13.8 Å². The molecule has 0 amide bonds. The van der Waals surface area contributed by atoms with Crippen LogP contribution >= 0.6 is 0 Å². The number of hydrogen-bond donors (Lipinski definition) is 0. The lowest BCUT2D eigenvalue weighted by atomic mass is 10.1. The highest BCUT2D eigenvalue weighted by Crippen LogP contribution is 2.54. The molecule has 1 aliphatic heterocycles. The zero-order chi connectivity index (χ0) is 17.6. The summed E-state index contributed by atoms with van der Waals surface area (Å²) >= 11 is 0. The van der Waals surface area contributed by atoms with E-state index in [0.717, 1.165) is 0 Å². The fourth-order valence-corrected chi connectivity index (χ4v) is 7.83. The van der Waals surface area contributed by atoms with E-state index in [1.807, 2.05) is 0 Å². The molecule has 0 saturated carbocycles. The van der Waals surface area contributed by atoms with E-state index >= 15 is 0 Å². The second kappa shape index (κ2) is 5.68. The summed E-state index contributed by atoms with van der Waals surface area (Å²) in [5, 5.41) is 0. The van der Waals surface area contributed by atoms with Gasteiger partial charge in [0.2, 0.25) is 19.7 Å². The Morgan fingerprint density at radius 2 is 1.17 bits per heavy atom. The highest BCUT2D eigenvalue weighted by atomic mass is 32.3. The maximum Gasteiger partial charge on any atom is 0.306 e. The fourth-order valence-electron chi connectivity index (χ4n) is 2.79. The van der Waals surface area contributed by atoms with Crippen LogP contribution in [0, 0.1) is 5.92 Å². The van der Waals surface area contributed by atoms with Gasteiger partial charge in [-0.2, -0.15) is 0 Å². The Labute approximate surface area is 142 Å². The smallest absolute Gasteiger partial charge is 0.306 e. The Hall–Kier alpha value is -1.70. The van der Waals surface area contributed by atoms with Gasteiger partial charge in [-0.3, -0.25) is 0 Å². The van der Waals surface area contributed by atoms with Crippen LogP contribution in [-0.4, -0.2) is 27.2 Å². The van der Waals surface area contributed by atoms with E-state index in [9.17, 15) is 16.8 Å². The van der Waals surface area contributed by atoms with Gasteiger partial charge < -0.3 is 4.74 Å². The lowest BCUT2D eigenvalue weighted by molar-refractivity contribution is 0.339. The third-order valence-electron chi connectivity index (χ3n) is 4.04. The third-order valence-corrected chi connectivity index (χ3v) is 9.30. The molecule has 0 unspecified atom stereocenters. The van der Waals surface area contributed by atoms with Crippen LogP contribution < -0.4 is 0 Å². The summed E-state index contributed by atoms with van der Waals surface area (Å²) in [7, 11) is -8.48. The SMILES string of the molecule is CC(C)[C@H]1OC1(S(=O)(=O)c1ccccc1)S(=O)(=O)c1ccccc1. The van der Waals surface area contributed by atoms with Gasteiger partial charge in [0.25, 0.3) is 0 Å². The number of hydrogen-bond acceptors (Lipinski definition) is 5. The molecule has 0 radical (unpaired) electrons. The van der Waals surface area contributed by atoms with Crippen molar-refractivity contribution in [1.29, 1.82) is 0 Å². The predicted octanol–water partition coefficient (Wildman–Crippen LogP) is 2.64. The summed E-state index contributed by atoms with van der Waals surface area (Å²) in [6.45, 7) is 3.49. The molecule has 24 heavy (non-hydrogen) atoms. The summed E-state index contributed by atoms with van der Waals surface area (Å²) in [4.78, 5) is -0.125. The van der Waals surface area contributed by atoms with Crippen molar-refractivity contribution in [3.63, 3.8) is 0 Å². The number of sulfone groups is 2. The second-order valence-corrected chi connectivity index (χ2v) is 10.4. The predicted molar refractivity (Wildman–Crippen MR) is 89.7 cm³/mol. The highest BCUT2D eigenvalue weighted by molar-refractivity contribution is 8.10. The minimum absolute atomic E-state index is 0.0624. The Bertz CT molecular complexity index is 863. The maximum atomic E-state index is 13.1. The van der Waals surface area contributed by atoms with Crippen molar-refractivity contribution in [2.75, 3.05) is 0 Å². The first-order valence-electron chi connectivity index (χ1n) is 7.52. The molecule has 0 spiro atoms. The molecule has 1 atom stereocenters. The molecule has 1 saturated heterocycles. The first kappa shape index (κ1) is 17.1. The quantitative estimate of drug-likeness (QED) is 0.760. The standard InChI is InChI=1S/C17H18O5S2/c1-13(2)16-17(22-16,23(18,19)14-9-5-3-6-10-14)24(20,21)15-11-7-4-8-12-15/h3-13,16H,1-2H3/t16-/m1/s1. The molecule has 0 bridgehead atoms. The summed E-state index contributed by atoms with van der Waals surface area (Å²) < 4.78 is 55.7. The average Bonchev–Trinajstić information content (AvgIpc) is 3.35. The molecule has 3 rings (SSSR count). The van der Waals surface area contributed by atoms with Crippen LogP contribution in [0.2, 0.25) is 0 Å². The number of rotatable bonds is 5. The monoisotopic (exact) mass is 366 g/mol. The Morgan fingerprint density at radius 3 is 1.46 bits per heavy atom. The van der Waals surface area contributed by atoms with Crippen molar-refractivity contribution >= 4 is 19.7 Å². The van der Waals surface area contributed by atoms with Crippen LogP contribution in [0.15, 0.2) is 70.5 Å². The molecule has 7 heteroatoms. The van der Waals surface area contributed by atoms with Crippen molar-refractivity contribution in [2.24, 2.45) is 5.92 Å². The van der Waals surface area contributed by atoms with Crippen LogP contribution in [-0.2, 0) is 24.4 Å². The summed E-state index contributed by atoms with van der Waals surface area (Å²) in [5.41, 5.74) is 0. The average molecular weight is 366 g/mol. The highest BCUT2D eigenvalue weighted by Gasteiger charge is 2.76. The minimum atomic E-state index is -4.24. The van der Waals surface area contributed by atoms with Gasteiger partial charge in [-0.15, -0.1) is 0 Å². The molecule has 1 aliphatic rings. The number of benzene rings is 2. The van der Waals surface area contributed by atoms with Crippen LogP contribution in [0.3, 0.4) is 0 Å². The normalized spacial score (nSPS) is 20.0.